The van der Waals surface area contributed by atoms with Crippen molar-refractivity contribution < 1.29 is 4.74 Å². The lowest BCUT2D eigenvalue weighted by atomic mass is 10.1. The number of hydrogen-bond acceptors (Lipinski definition) is 4. The highest BCUT2D eigenvalue weighted by Crippen LogP contribution is 2.38. The number of hydrogen-bond donors (Lipinski definition) is 1. The standard InChI is InChI=1S/C13H12N2OS/c1-8-11(7-14)13(15)17-12(8)9-3-5-10(16-2)6-4-9/h3-6H,15H2,1-2H3. The monoisotopic (exact) mass is 244 g/mol. The maximum absolute atomic E-state index is 9.00. The fourth-order valence-corrected chi connectivity index (χ4v) is 2.72. The number of nitriles is 1. The number of nitrogens with zero attached hydrogens (tertiary/aromatic N) is 1. The molecule has 0 aliphatic heterocycles. The van der Waals surface area contributed by atoms with Crippen molar-refractivity contribution in [3.63, 3.8) is 0 Å². The van der Waals surface area contributed by atoms with Crippen molar-refractivity contribution in [3.05, 3.63) is 35.4 Å². The summed E-state index contributed by atoms with van der Waals surface area (Å²) in [5, 5.41) is 9.58. The number of ether oxygens (including phenoxy) is 1. The summed E-state index contributed by atoms with van der Waals surface area (Å²) >= 11 is 1.45. The van der Waals surface area contributed by atoms with Crippen LogP contribution >= 0.6 is 11.3 Å². The Bertz CT molecular complexity index is 579. The third-order valence-corrected chi connectivity index (χ3v) is 3.81. The van der Waals surface area contributed by atoms with Gasteiger partial charge in [-0.15, -0.1) is 11.3 Å². The summed E-state index contributed by atoms with van der Waals surface area (Å²) in [6.45, 7) is 1.92. The topological polar surface area (TPSA) is 59.0 Å². The summed E-state index contributed by atoms with van der Waals surface area (Å²) in [6, 6.07) is 9.88. The highest BCUT2D eigenvalue weighted by atomic mass is 32.1. The number of benzene rings is 1. The molecular formula is C13H12N2OS. The fourth-order valence-electron chi connectivity index (χ4n) is 1.69. The van der Waals surface area contributed by atoms with Gasteiger partial charge in [-0.3, -0.25) is 0 Å². The zero-order valence-corrected chi connectivity index (χ0v) is 10.5. The molecule has 0 aliphatic rings. The van der Waals surface area contributed by atoms with E-state index in [9.17, 15) is 0 Å². The molecule has 2 aromatic rings. The minimum absolute atomic E-state index is 0.579. The first kappa shape index (κ1) is 11.5. The van der Waals surface area contributed by atoms with E-state index in [1.54, 1.807) is 7.11 Å². The van der Waals surface area contributed by atoms with Gasteiger partial charge in [0.05, 0.1) is 12.7 Å². The average molecular weight is 244 g/mol. The number of nitrogen functional groups attached to an aromatic ring is 1. The van der Waals surface area contributed by atoms with Crippen molar-refractivity contribution in [1.82, 2.24) is 0 Å². The second kappa shape index (κ2) is 4.48. The average Bonchev–Trinajstić information content (AvgIpc) is 2.64. The molecule has 0 saturated heterocycles. The fraction of sp³-hybridized carbons (Fsp3) is 0.154. The Morgan fingerprint density at radius 1 is 1.29 bits per heavy atom. The predicted octanol–water partition coefficient (Wildman–Crippen LogP) is 3.19. The second-order valence-corrected chi connectivity index (χ2v) is 4.69. The van der Waals surface area contributed by atoms with Crippen LogP contribution in [0.1, 0.15) is 11.1 Å². The van der Waals surface area contributed by atoms with Crippen LogP contribution in [0.4, 0.5) is 5.00 Å². The Balaban J connectivity index is 2.50. The smallest absolute Gasteiger partial charge is 0.118 e. The molecule has 1 aromatic carbocycles. The number of thiophene rings is 1. The molecule has 17 heavy (non-hydrogen) atoms. The molecule has 4 heteroatoms. The minimum atomic E-state index is 0.579. The van der Waals surface area contributed by atoms with Crippen LogP contribution in [-0.4, -0.2) is 7.11 Å². The normalized spacial score (nSPS) is 9.94. The Labute approximate surface area is 104 Å². The van der Waals surface area contributed by atoms with Crippen molar-refractivity contribution in [2.24, 2.45) is 0 Å². The molecule has 2 N–H and O–H groups in total. The molecule has 0 radical (unpaired) electrons. The van der Waals surface area contributed by atoms with Gasteiger partial charge >= 0.3 is 0 Å². The van der Waals surface area contributed by atoms with Crippen molar-refractivity contribution in [2.45, 2.75) is 6.92 Å². The third kappa shape index (κ3) is 1.97. The van der Waals surface area contributed by atoms with Crippen molar-refractivity contribution in [1.29, 1.82) is 5.26 Å². The molecule has 0 amide bonds. The van der Waals surface area contributed by atoms with E-state index in [0.29, 0.717) is 10.6 Å². The Hall–Kier alpha value is -1.99. The first-order valence-corrected chi connectivity index (χ1v) is 5.92. The first-order valence-electron chi connectivity index (χ1n) is 5.10. The summed E-state index contributed by atoms with van der Waals surface area (Å²) in [4.78, 5) is 1.04. The van der Waals surface area contributed by atoms with Gasteiger partial charge in [-0.05, 0) is 42.3 Å². The quantitative estimate of drug-likeness (QED) is 0.882. The molecule has 3 nitrogen and oxygen atoms in total. The lowest BCUT2D eigenvalue weighted by molar-refractivity contribution is 0.415. The van der Waals surface area contributed by atoms with Crippen LogP contribution in [-0.2, 0) is 0 Å². The van der Waals surface area contributed by atoms with Gasteiger partial charge in [-0.1, -0.05) is 0 Å². The van der Waals surface area contributed by atoms with Crippen LogP contribution in [0.2, 0.25) is 0 Å². The van der Waals surface area contributed by atoms with E-state index in [2.05, 4.69) is 6.07 Å². The number of rotatable bonds is 2. The van der Waals surface area contributed by atoms with Crippen LogP contribution in [0.5, 0.6) is 5.75 Å². The number of nitrogens with two attached hydrogens (primary N) is 1. The van der Waals surface area contributed by atoms with E-state index in [-0.39, 0.29) is 0 Å². The van der Waals surface area contributed by atoms with Crippen molar-refractivity contribution in [3.8, 4) is 22.3 Å². The van der Waals surface area contributed by atoms with E-state index in [1.165, 1.54) is 11.3 Å². The summed E-state index contributed by atoms with van der Waals surface area (Å²) in [5.41, 5.74) is 8.40. The lowest BCUT2D eigenvalue weighted by Crippen LogP contribution is -1.84. The van der Waals surface area contributed by atoms with Gasteiger partial charge in [-0.25, -0.2) is 0 Å². The molecule has 0 bridgehead atoms. The molecule has 1 heterocycles. The maximum Gasteiger partial charge on any atom is 0.118 e. The van der Waals surface area contributed by atoms with E-state index in [1.807, 2.05) is 31.2 Å². The minimum Gasteiger partial charge on any atom is -0.497 e. The molecule has 1 aromatic heterocycles. The van der Waals surface area contributed by atoms with Crippen LogP contribution in [0.25, 0.3) is 10.4 Å². The summed E-state index contributed by atoms with van der Waals surface area (Å²) in [6.07, 6.45) is 0. The molecule has 0 unspecified atom stereocenters. The van der Waals surface area contributed by atoms with Gasteiger partial charge in [0.25, 0.3) is 0 Å². The Morgan fingerprint density at radius 3 is 2.41 bits per heavy atom. The van der Waals surface area contributed by atoms with E-state index in [4.69, 9.17) is 15.7 Å². The largest absolute Gasteiger partial charge is 0.497 e. The number of methoxy groups -OCH3 is 1. The van der Waals surface area contributed by atoms with Crippen LogP contribution in [0.15, 0.2) is 24.3 Å². The number of anilines is 1. The van der Waals surface area contributed by atoms with Crippen molar-refractivity contribution in [2.75, 3.05) is 12.8 Å². The summed E-state index contributed by atoms with van der Waals surface area (Å²) in [7, 11) is 1.64. The van der Waals surface area contributed by atoms with Crippen LogP contribution in [0.3, 0.4) is 0 Å². The van der Waals surface area contributed by atoms with E-state index < -0.39 is 0 Å². The zero-order chi connectivity index (χ0) is 12.4. The summed E-state index contributed by atoms with van der Waals surface area (Å²) < 4.78 is 5.11. The van der Waals surface area contributed by atoms with Crippen LogP contribution in [0, 0.1) is 18.3 Å². The zero-order valence-electron chi connectivity index (χ0n) is 9.65. The summed E-state index contributed by atoms with van der Waals surface area (Å²) in [5.74, 6) is 0.816. The highest BCUT2D eigenvalue weighted by Gasteiger charge is 2.13. The highest BCUT2D eigenvalue weighted by molar-refractivity contribution is 7.19. The molecule has 0 spiro atoms. The van der Waals surface area contributed by atoms with Gasteiger partial charge in [0.15, 0.2) is 0 Å². The second-order valence-electron chi connectivity index (χ2n) is 3.64. The molecule has 0 fully saturated rings. The van der Waals surface area contributed by atoms with Gasteiger partial charge in [0.2, 0.25) is 0 Å². The molecule has 86 valence electrons. The van der Waals surface area contributed by atoms with Gasteiger partial charge in [0.1, 0.15) is 16.8 Å². The van der Waals surface area contributed by atoms with Gasteiger partial charge in [-0.2, -0.15) is 5.26 Å². The van der Waals surface area contributed by atoms with Gasteiger partial charge < -0.3 is 10.5 Å². The van der Waals surface area contributed by atoms with Crippen LogP contribution < -0.4 is 10.5 Å². The van der Waals surface area contributed by atoms with Gasteiger partial charge in [0, 0.05) is 4.88 Å². The predicted molar refractivity (Wildman–Crippen MR) is 70.2 cm³/mol. The molecule has 2 rings (SSSR count). The first-order chi connectivity index (χ1) is 8.17. The third-order valence-electron chi connectivity index (χ3n) is 2.64. The molecular weight excluding hydrogens is 232 g/mol. The SMILES string of the molecule is COc1ccc(-c2sc(N)c(C#N)c2C)cc1. The lowest BCUT2D eigenvalue weighted by Gasteiger charge is -2.02. The molecule has 0 saturated carbocycles. The molecule has 0 aliphatic carbocycles. The maximum atomic E-state index is 9.00. The Morgan fingerprint density at radius 2 is 1.94 bits per heavy atom. The van der Waals surface area contributed by atoms with E-state index >= 15 is 0 Å². The Kier molecular flexibility index (Phi) is 3.03. The van der Waals surface area contributed by atoms with Crippen molar-refractivity contribution >= 4 is 16.3 Å². The molecule has 0 atom stereocenters. The van der Waals surface area contributed by atoms with E-state index in [0.717, 1.165) is 21.8 Å².